The molecule has 0 radical (unpaired) electrons. The number of amides is 1. The standard InChI is InChI=1S/C20H23N5O3/c1-24-12-17(11-21-24)20(26)25-9-7-16(8-10-25)19-22-18(28-23-19)14-27-13-15-5-3-2-4-6-15/h2-6,11-12,16H,7-10,13-14H2,1H3. The molecule has 0 aliphatic carbocycles. The van der Waals surface area contributed by atoms with Gasteiger partial charge in [0.1, 0.15) is 6.61 Å². The SMILES string of the molecule is Cn1cc(C(=O)N2CCC(c3noc(COCc4ccccc4)n3)CC2)cn1. The summed E-state index contributed by atoms with van der Waals surface area (Å²) in [5.41, 5.74) is 1.73. The quantitative estimate of drug-likeness (QED) is 0.652. The number of likely N-dealkylation sites (tertiary alicyclic amines) is 1. The van der Waals surface area contributed by atoms with Gasteiger partial charge in [-0.2, -0.15) is 10.1 Å². The molecule has 1 fully saturated rings. The summed E-state index contributed by atoms with van der Waals surface area (Å²) in [4.78, 5) is 18.8. The van der Waals surface area contributed by atoms with Gasteiger partial charge in [0.2, 0.25) is 0 Å². The van der Waals surface area contributed by atoms with Gasteiger partial charge >= 0.3 is 0 Å². The molecule has 1 amide bonds. The van der Waals surface area contributed by atoms with Gasteiger partial charge in [-0.1, -0.05) is 35.5 Å². The summed E-state index contributed by atoms with van der Waals surface area (Å²) in [5.74, 6) is 1.41. The van der Waals surface area contributed by atoms with Crippen LogP contribution in [-0.4, -0.2) is 43.8 Å². The predicted molar refractivity (Wildman–Crippen MR) is 100 cm³/mol. The molecular formula is C20H23N5O3. The van der Waals surface area contributed by atoms with Crippen molar-refractivity contribution in [3.63, 3.8) is 0 Å². The first-order valence-electron chi connectivity index (χ1n) is 9.41. The van der Waals surface area contributed by atoms with Crippen LogP contribution in [0.1, 0.15) is 46.4 Å². The molecule has 1 saturated heterocycles. The van der Waals surface area contributed by atoms with Crippen LogP contribution < -0.4 is 0 Å². The third kappa shape index (κ3) is 4.28. The third-order valence-electron chi connectivity index (χ3n) is 4.92. The van der Waals surface area contributed by atoms with E-state index in [1.165, 1.54) is 0 Å². The first-order valence-corrected chi connectivity index (χ1v) is 9.41. The molecule has 28 heavy (non-hydrogen) atoms. The van der Waals surface area contributed by atoms with E-state index in [0.717, 1.165) is 18.4 Å². The number of ether oxygens (including phenoxy) is 1. The van der Waals surface area contributed by atoms with Crippen LogP contribution in [0.25, 0.3) is 0 Å². The van der Waals surface area contributed by atoms with Crippen LogP contribution in [0.4, 0.5) is 0 Å². The Morgan fingerprint density at radius 3 is 2.71 bits per heavy atom. The highest BCUT2D eigenvalue weighted by Gasteiger charge is 2.28. The van der Waals surface area contributed by atoms with Crippen LogP contribution in [0.15, 0.2) is 47.2 Å². The maximum absolute atomic E-state index is 12.5. The fourth-order valence-corrected chi connectivity index (χ4v) is 3.38. The van der Waals surface area contributed by atoms with Crippen molar-refractivity contribution in [2.75, 3.05) is 13.1 Å². The third-order valence-corrected chi connectivity index (χ3v) is 4.92. The average Bonchev–Trinajstić information content (AvgIpc) is 3.38. The summed E-state index contributed by atoms with van der Waals surface area (Å²) < 4.78 is 12.6. The molecule has 0 atom stereocenters. The highest BCUT2D eigenvalue weighted by Crippen LogP contribution is 2.26. The maximum atomic E-state index is 12.5. The molecule has 146 valence electrons. The van der Waals surface area contributed by atoms with E-state index in [-0.39, 0.29) is 11.8 Å². The second kappa shape index (κ2) is 8.35. The van der Waals surface area contributed by atoms with Gasteiger partial charge in [0.05, 0.1) is 18.4 Å². The molecule has 3 aromatic rings. The molecule has 0 N–H and O–H groups in total. The van der Waals surface area contributed by atoms with Gasteiger partial charge in [-0.3, -0.25) is 9.48 Å². The zero-order chi connectivity index (χ0) is 19.3. The molecule has 4 rings (SSSR count). The molecule has 1 aliphatic heterocycles. The van der Waals surface area contributed by atoms with Crippen molar-refractivity contribution in [2.45, 2.75) is 32.0 Å². The van der Waals surface area contributed by atoms with E-state index in [4.69, 9.17) is 9.26 Å². The normalized spacial score (nSPS) is 15.1. The lowest BCUT2D eigenvalue weighted by atomic mass is 9.96. The first kappa shape index (κ1) is 18.4. The molecule has 3 heterocycles. The Balaban J connectivity index is 1.26. The van der Waals surface area contributed by atoms with Crippen LogP contribution in [-0.2, 0) is 25.0 Å². The number of nitrogens with zero attached hydrogens (tertiary/aromatic N) is 5. The number of carbonyl (C=O) groups excluding carboxylic acids is 1. The lowest BCUT2D eigenvalue weighted by molar-refractivity contribution is 0.0710. The van der Waals surface area contributed by atoms with Crippen molar-refractivity contribution in [2.24, 2.45) is 7.05 Å². The Kier molecular flexibility index (Phi) is 5.48. The minimum absolute atomic E-state index is 0.0228. The van der Waals surface area contributed by atoms with Gasteiger partial charge in [0.15, 0.2) is 5.82 Å². The lowest BCUT2D eigenvalue weighted by Gasteiger charge is -2.30. The fourth-order valence-electron chi connectivity index (χ4n) is 3.38. The molecule has 0 bridgehead atoms. The number of benzene rings is 1. The average molecular weight is 381 g/mol. The molecular weight excluding hydrogens is 358 g/mol. The van der Waals surface area contributed by atoms with Crippen molar-refractivity contribution in [1.82, 2.24) is 24.8 Å². The summed E-state index contributed by atoms with van der Waals surface area (Å²) >= 11 is 0. The molecule has 1 aromatic carbocycles. The zero-order valence-electron chi connectivity index (χ0n) is 15.8. The Morgan fingerprint density at radius 1 is 1.21 bits per heavy atom. The minimum Gasteiger partial charge on any atom is -0.367 e. The van der Waals surface area contributed by atoms with Gasteiger partial charge in [0, 0.05) is 32.3 Å². The van der Waals surface area contributed by atoms with Gasteiger partial charge in [-0.25, -0.2) is 0 Å². The Bertz CT molecular complexity index is 913. The van der Waals surface area contributed by atoms with Crippen molar-refractivity contribution in [3.05, 3.63) is 65.6 Å². The number of aromatic nitrogens is 4. The van der Waals surface area contributed by atoms with E-state index in [1.54, 1.807) is 24.1 Å². The van der Waals surface area contributed by atoms with Gasteiger partial charge < -0.3 is 14.2 Å². The van der Waals surface area contributed by atoms with Crippen LogP contribution in [0.2, 0.25) is 0 Å². The fraction of sp³-hybridized carbons (Fsp3) is 0.400. The monoisotopic (exact) mass is 381 g/mol. The van der Waals surface area contributed by atoms with E-state index >= 15 is 0 Å². The summed E-state index contributed by atoms with van der Waals surface area (Å²) in [7, 11) is 1.81. The molecule has 2 aromatic heterocycles. The van der Waals surface area contributed by atoms with Crippen LogP contribution in [0.3, 0.4) is 0 Å². The first-order chi connectivity index (χ1) is 13.7. The van der Waals surface area contributed by atoms with E-state index < -0.39 is 0 Å². The van der Waals surface area contributed by atoms with Gasteiger partial charge in [-0.15, -0.1) is 0 Å². The van der Waals surface area contributed by atoms with Gasteiger partial charge in [0.25, 0.3) is 11.8 Å². The van der Waals surface area contributed by atoms with Crippen molar-refractivity contribution < 1.29 is 14.1 Å². The van der Waals surface area contributed by atoms with E-state index in [2.05, 4.69) is 15.2 Å². The van der Waals surface area contributed by atoms with Crippen molar-refractivity contribution in [1.29, 1.82) is 0 Å². The summed E-state index contributed by atoms with van der Waals surface area (Å²) in [6.07, 6.45) is 4.98. The second-order valence-corrected chi connectivity index (χ2v) is 6.99. The number of hydrogen-bond acceptors (Lipinski definition) is 6. The van der Waals surface area contributed by atoms with Crippen LogP contribution in [0.5, 0.6) is 0 Å². The Hall–Kier alpha value is -3.00. The topological polar surface area (TPSA) is 86.3 Å². The molecule has 8 nitrogen and oxygen atoms in total. The number of rotatable bonds is 6. The highest BCUT2D eigenvalue weighted by atomic mass is 16.5. The molecule has 0 unspecified atom stereocenters. The predicted octanol–water partition coefficient (Wildman–Crippen LogP) is 2.54. The highest BCUT2D eigenvalue weighted by molar-refractivity contribution is 5.93. The summed E-state index contributed by atoms with van der Waals surface area (Å²) in [6, 6.07) is 9.97. The molecule has 0 spiro atoms. The Morgan fingerprint density at radius 2 is 2.00 bits per heavy atom. The number of hydrogen-bond donors (Lipinski definition) is 0. The van der Waals surface area contributed by atoms with Crippen molar-refractivity contribution in [3.8, 4) is 0 Å². The molecule has 0 saturated carbocycles. The van der Waals surface area contributed by atoms with Crippen LogP contribution in [0, 0.1) is 0 Å². The summed E-state index contributed by atoms with van der Waals surface area (Å²) in [5, 5.41) is 8.18. The lowest BCUT2D eigenvalue weighted by Crippen LogP contribution is -2.38. The smallest absolute Gasteiger partial charge is 0.257 e. The number of aryl methyl sites for hydroxylation is 1. The Labute approximate surface area is 163 Å². The zero-order valence-corrected chi connectivity index (χ0v) is 15.8. The van der Waals surface area contributed by atoms with E-state index in [9.17, 15) is 4.79 Å². The van der Waals surface area contributed by atoms with Crippen LogP contribution >= 0.6 is 0 Å². The minimum atomic E-state index is 0.0228. The van der Waals surface area contributed by atoms with Crippen molar-refractivity contribution >= 4 is 5.91 Å². The number of piperidine rings is 1. The molecule has 1 aliphatic rings. The largest absolute Gasteiger partial charge is 0.367 e. The second-order valence-electron chi connectivity index (χ2n) is 6.99. The molecule has 8 heteroatoms. The van der Waals surface area contributed by atoms with Gasteiger partial charge in [-0.05, 0) is 18.4 Å². The number of carbonyl (C=O) groups is 1. The maximum Gasteiger partial charge on any atom is 0.257 e. The summed E-state index contributed by atoms with van der Waals surface area (Å²) in [6.45, 7) is 2.15. The van der Waals surface area contributed by atoms with E-state index in [0.29, 0.717) is 43.6 Å². The van der Waals surface area contributed by atoms with E-state index in [1.807, 2.05) is 35.2 Å².